The molecule has 0 fully saturated rings. The number of aromatic nitrogens is 1. The van der Waals surface area contributed by atoms with Crippen molar-refractivity contribution in [1.29, 1.82) is 0 Å². The Bertz CT molecular complexity index is 1090. The average molecular weight is 391 g/mol. The molecule has 0 unspecified atom stereocenters. The van der Waals surface area contributed by atoms with Gasteiger partial charge in [-0.1, -0.05) is 57.2 Å². The molecule has 3 nitrogen and oxygen atoms in total. The van der Waals surface area contributed by atoms with E-state index in [9.17, 15) is 4.79 Å². The molecular weight excluding hydrogens is 364 g/mol. The zero-order chi connectivity index (χ0) is 19.9. The van der Waals surface area contributed by atoms with Gasteiger partial charge in [0.2, 0.25) is 0 Å². The van der Waals surface area contributed by atoms with Crippen molar-refractivity contribution in [2.45, 2.75) is 52.5 Å². The second kappa shape index (κ2) is 7.17. The van der Waals surface area contributed by atoms with Crippen LogP contribution in [-0.2, 0) is 24.8 Å². The first-order valence-electron chi connectivity index (χ1n) is 9.89. The summed E-state index contributed by atoms with van der Waals surface area (Å²) in [6.45, 7) is 9.44. The van der Waals surface area contributed by atoms with Gasteiger partial charge in [-0.2, -0.15) is 4.99 Å². The van der Waals surface area contributed by atoms with Crippen molar-refractivity contribution in [3.63, 3.8) is 0 Å². The Morgan fingerprint density at radius 1 is 1.07 bits per heavy atom. The summed E-state index contributed by atoms with van der Waals surface area (Å²) < 4.78 is 2.19. The number of hydrogen-bond acceptors (Lipinski definition) is 2. The van der Waals surface area contributed by atoms with Crippen molar-refractivity contribution in [2.75, 3.05) is 0 Å². The van der Waals surface area contributed by atoms with Gasteiger partial charge < -0.3 is 4.57 Å². The van der Waals surface area contributed by atoms with E-state index in [1.165, 1.54) is 27.3 Å². The van der Waals surface area contributed by atoms with E-state index in [1.807, 2.05) is 24.3 Å². The molecule has 0 N–H and O–H groups in total. The van der Waals surface area contributed by atoms with Gasteiger partial charge in [0.25, 0.3) is 5.91 Å². The van der Waals surface area contributed by atoms with Crippen LogP contribution in [0.4, 0.5) is 0 Å². The molecule has 0 radical (unpaired) electrons. The van der Waals surface area contributed by atoms with Gasteiger partial charge in [0.05, 0.1) is 5.69 Å². The van der Waals surface area contributed by atoms with E-state index in [0.717, 1.165) is 24.2 Å². The number of carbonyl (C=O) groups excluding carboxylic acids is 1. The number of carbonyl (C=O) groups is 1. The van der Waals surface area contributed by atoms with Gasteiger partial charge in [-0.05, 0) is 48.4 Å². The minimum atomic E-state index is -0.172. The Kier molecular flexibility index (Phi) is 4.84. The van der Waals surface area contributed by atoms with Gasteiger partial charge in [-0.15, -0.1) is 11.3 Å². The van der Waals surface area contributed by atoms with Crippen LogP contribution >= 0.6 is 11.3 Å². The highest BCUT2D eigenvalue weighted by Crippen LogP contribution is 2.34. The van der Waals surface area contributed by atoms with E-state index in [2.05, 4.69) is 61.5 Å². The minimum absolute atomic E-state index is 0.0736. The number of nitrogens with zero attached hydrogens (tertiary/aromatic N) is 2. The number of rotatable bonds is 2. The molecule has 4 rings (SSSR count). The van der Waals surface area contributed by atoms with E-state index in [-0.39, 0.29) is 11.3 Å². The van der Waals surface area contributed by atoms with Gasteiger partial charge in [-0.3, -0.25) is 4.79 Å². The summed E-state index contributed by atoms with van der Waals surface area (Å²) in [5.41, 5.74) is 5.84. The van der Waals surface area contributed by atoms with Crippen LogP contribution < -0.4 is 4.80 Å². The summed E-state index contributed by atoms with van der Waals surface area (Å²) in [7, 11) is 0. The number of aryl methyl sites for hydroxylation is 2. The lowest BCUT2D eigenvalue weighted by molar-refractivity contribution is 0.0997. The third kappa shape index (κ3) is 3.37. The lowest BCUT2D eigenvalue weighted by atomic mass is 9.87. The third-order valence-electron chi connectivity index (χ3n) is 5.38. The van der Waals surface area contributed by atoms with Crippen molar-refractivity contribution < 1.29 is 4.79 Å². The molecule has 144 valence electrons. The smallest absolute Gasteiger partial charge is 0.279 e. The van der Waals surface area contributed by atoms with Crippen LogP contribution in [-0.4, -0.2) is 10.5 Å². The van der Waals surface area contributed by atoms with E-state index < -0.39 is 0 Å². The van der Waals surface area contributed by atoms with Crippen molar-refractivity contribution in [2.24, 2.45) is 4.99 Å². The summed E-state index contributed by atoms with van der Waals surface area (Å²) in [6.07, 6.45) is 2.07. The fourth-order valence-electron chi connectivity index (χ4n) is 3.78. The standard InChI is InChI=1S/C24H26N2OS/c1-5-26-21-19-9-7-6-8-16(19)12-15-20(21)28-23(26)25-22(27)17-10-13-18(14-11-17)24(2,3)4/h6-11,13-14H,5,12,15H2,1-4H3. The normalized spacial score (nSPS) is 13.9. The van der Waals surface area contributed by atoms with Crippen LogP contribution in [0.25, 0.3) is 11.3 Å². The zero-order valence-electron chi connectivity index (χ0n) is 17.0. The molecule has 1 heterocycles. The van der Waals surface area contributed by atoms with Crippen molar-refractivity contribution in [3.8, 4) is 11.3 Å². The molecule has 4 heteroatoms. The van der Waals surface area contributed by atoms with Gasteiger partial charge in [-0.25, -0.2) is 0 Å². The van der Waals surface area contributed by atoms with Crippen LogP contribution in [0.5, 0.6) is 0 Å². The minimum Gasteiger partial charge on any atom is -0.316 e. The summed E-state index contributed by atoms with van der Waals surface area (Å²) >= 11 is 1.66. The fraction of sp³-hybridized carbons (Fsp3) is 0.333. The monoisotopic (exact) mass is 390 g/mol. The van der Waals surface area contributed by atoms with Gasteiger partial charge in [0.15, 0.2) is 4.80 Å². The van der Waals surface area contributed by atoms with E-state index in [1.54, 1.807) is 11.3 Å². The number of fused-ring (bicyclic) bond motifs is 3. The Labute approximate surface area is 170 Å². The predicted molar refractivity (Wildman–Crippen MR) is 116 cm³/mol. The van der Waals surface area contributed by atoms with Crippen LogP contribution in [0.15, 0.2) is 53.5 Å². The Balaban J connectivity index is 1.75. The quantitative estimate of drug-likeness (QED) is 0.579. The average Bonchev–Trinajstić information content (AvgIpc) is 3.04. The van der Waals surface area contributed by atoms with E-state index in [0.29, 0.717) is 5.56 Å². The predicted octanol–water partition coefficient (Wildman–Crippen LogP) is 5.37. The van der Waals surface area contributed by atoms with E-state index >= 15 is 0 Å². The molecule has 0 saturated heterocycles. The second-order valence-electron chi connectivity index (χ2n) is 8.30. The maximum Gasteiger partial charge on any atom is 0.279 e. The summed E-state index contributed by atoms with van der Waals surface area (Å²) in [5, 5.41) is 0. The molecule has 1 aliphatic rings. The van der Waals surface area contributed by atoms with Crippen molar-refractivity contribution in [3.05, 3.63) is 74.9 Å². The highest BCUT2D eigenvalue weighted by Gasteiger charge is 2.22. The lowest BCUT2D eigenvalue weighted by Gasteiger charge is -2.18. The topological polar surface area (TPSA) is 34.4 Å². The molecular formula is C24H26N2OS. The third-order valence-corrected chi connectivity index (χ3v) is 6.52. The molecule has 0 saturated carbocycles. The van der Waals surface area contributed by atoms with Crippen LogP contribution in [0.2, 0.25) is 0 Å². The van der Waals surface area contributed by atoms with Gasteiger partial charge in [0, 0.05) is 22.5 Å². The fourth-order valence-corrected chi connectivity index (χ4v) is 4.98. The van der Waals surface area contributed by atoms with E-state index in [4.69, 9.17) is 0 Å². The first-order valence-corrected chi connectivity index (χ1v) is 10.7. The van der Waals surface area contributed by atoms with Crippen LogP contribution in [0.1, 0.15) is 54.1 Å². The van der Waals surface area contributed by atoms with Crippen LogP contribution in [0, 0.1) is 0 Å². The molecule has 1 aromatic heterocycles. The zero-order valence-corrected chi connectivity index (χ0v) is 17.8. The first kappa shape index (κ1) is 18.9. The summed E-state index contributed by atoms with van der Waals surface area (Å²) in [5.74, 6) is -0.172. The summed E-state index contributed by atoms with van der Waals surface area (Å²) in [4.78, 5) is 19.5. The molecule has 0 atom stereocenters. The number of benzene rings is 2. The maximum absolute atomic E-state index is 12.8. The lowest BCUT2D eigenvalue weighted by Crippen LogP contribution is -2.18. The molecule has 3 aromatic rings. The van der Waals surface area contributed by atoms with Gasteiger partial charge >= 0.3 is 0 Å². The van der Waals surface area contributed by atoms with Crippen molar-refractivity contribution in [1.82, 2.24) is 4.57 Å². The molecule has 0 aliphatic heterocycles. The highest BCUT2D eigenvalue weighted by atomic mass is 32.1. The number of hydrogen-bond donors (Lipinski definition) is 0. The largest absolute Gasteiger partial charge is 0.316 e. The molecule has 1 amide bonds. The maximum atomic E-state index is 12.8. The summed E-state index contributed by atoms with van der Waals surface area (Å²) in [6, 6.07) is 16.4. The Hall–Kier alpha value is -2.46. The van der Waals surface area contributed by atoms with Crippen LogP contribution in [0.3, 0.4) is 0 Å². The molecule has 1 aliphatic carbocycles. The second-order valence-corrected chi connectivity index (χ2v) is 9.36. The Morgan fingerprint density at radius 2 is 1.79 bits per heavy atom. The van der Waals surface area contributed by atoms with Crippen molar-refractivity contribution >= 4 is 17.2 Å². The molecule has 0 bridgehead atoms. The SMILES string of the molecule is CCn1c2c(sc1=NC(=O)c1ccc(C(C)(C)C)cc1)CCc1ccccc1-2. The van der Waals surface area contributed by atoms with Gasteiger partial charge in [0.1, 0.15) is 0 Å². The molecule has 0 spiro atoms. The number of amides is 1. The highest BCUT2D eigenvalue weighted by molar-refractivity contribution is 7.09. The molecule has 28 heavy (non-hydrogen) atoms. The molecule has 2 aromatic carbocycles. The Morgan fingerprint density at radius 3 is 2.46 bits per heavy atom. The first-order chi connectivity index (χ1) is 13.4. The number of thiazole rings is 1.